The number of sulfonamides is 1. The van der Waals surface area contributed by atoms with Crippen molar-refractivity contribution in [2.45, 2.75) is 70.6 Å². The third kappa shape index (κ3) is 9.07. The number of ether oxygens (including phenoxy) is 1. The lowest BCUT2D eigenvalue weighted by atomic mass is 10.00. The second-order valence-electron chi connectivity index (χ2n) is 7.98. The predicted octanol–water partition coefficient (Wildman–Crippen LogP) is 4.89. The number of hydrazone groups is 1. The molecule has 7 nitrogen and oxygen atoms in total. The lowest BCUT2D eigenvalue weighted by molar-refractivity contribution is -0.119. The molecule has 9 heteroatoms. The van der Waals surface area contributed by atoms with Crippen molar-refractivity contribution >= 4 is 38.9 Å². The molecule has 1 aliphatic rings. The number of carbonyl (C=O) groups is 1. The first kappa shape index (κ1) is 25.5. The van der Waals surface area contributed by atoms with Crippen LogP contribution < -0.4 is 14.5 Å². The number of hydrogen-bond donors (Lipinski definition) is 1. The third-order valence-electron chi connectivity index (χ3n) is 5.38. The van der Waals surface area contributed by atoms with Gasteiger partial charge in [0.05, 0.1) is 24.1 Å². The van der Waals surface area contributed by atoms with E-state index in [9.17, 15) is 13.2 Å². The Labute approximate surface area is 191 Å². The normalized spacial score (nSPS) is 16.5. The number of carbonyl (C=O) groups excluding carboxylic acids is 1. The molecule has 2 rings (SSSR count). The summed E-state index contributed by atoms with van der Waals surface area (Å²) in [4.78, 5) is 12.5. The zero-order valence-corrected chi connectivity index (χ0v) is 20.1. The summed E-state index contributed by atoms with van der Waals surface area (Å²) in [5.74, 6) is -0.0618. The highest BCUT2D eigenvalue weighted by molar-refractivity contribution is 7.92. The fourth-order valence-corrected chi connectivity index (χ4v) is 4.75. The number of methoxy groups -OCH3 is 1. The fourth-order valence-electron chi connectivity index (χ4n) is 3.65. The number of benzene rings is 1. The van der Waals surface area contributed by atoms with Crippen LogP contribution in [0.15, 0.2) is 23.3 Å². The first-order valence-corrected chi connectivity index (χ1v) is 13.2. The summed E-state index contributed by atoms with van der Waals surface area (Å²) in [5.41, 5.74) is 3.83. The van der Waals surface area contributed by atoms with Crippen molar-refractivity contribution in [1.82, 2.24) is 5.43 Å². The van der Waals surface area contributed by atoms with Crippen molar-refractivity contribution in [3.05, 3.63) is 23.2 Å². The van der Waals surface area contributed by atoms with E-state index in [1.165, 1.54) is 58.1 Å². The molecule has 31 heavy (non-hydrogen) atoms. The summed E-state index contributed by atoms with van der Waals surface area (Å²) in [5, 5.41) is 4.60. The largest absolute Gasteiger partial charge is 0.495 e. The van der Waals surface area contributed by atoms with E-state index in [0.29, 0.717) is 11.4 Å². The van der Waals surface area contributed by atoms with Crippen LogP contribution in [0.25, 0.3) is 0 Å². The van der Waals surface area contributed by atoms with Gasteiger partial charge in [-0.25, -0.2) is 13.8 Å². The minimum Gasteiger partial charge on any atom is -0.495 e. The van der Waals surface area contributed by atoms with Crippen molar-refractivity contribution in [3.8, 4) is 5.75 Å². The van der Waals surface area contributed by atoms with Crippen molar-refractivity contribution in [2.24, 2.45) is 5.10 Å². The Morgan fingerprint density at radius 3 is 2.10 bits per heavy atom. The Morgan fingerprint density at radius 1 is 1.06 bits per heavy atom. The molecule has 174 valence electrons. The van der Waals surface area contributed by atoms with E-state index in [2.05, 4.69) is 10.5 Å². The standard InChI is InChI=1S/C22H34ClN3O4S/c1-30-21-15-14-19(16-20(21)23)26(31(2,28)29)17-22(27)25-24-18-12-10-8-6-4-3-5-7-9-11-13-18/h14-16H,3-13,17H2,1-2H3,(H,25,27). The molecule has 0 radical (unpaired) electrons. The van der Waals surface area contributed by atoms with Crippen LogP contribution in [-0.2, 0) is 14.8 Å². The van der Waals surface area contributed by atoms with Gasteiger partial charge in [-0.1, -0.05) is 56.5 Å². The molecule has 1 saturated carbocycles. The molecule has 1 aromatic rings. The number of anilines is 1. The van der Waals surface area contributed by atoms with Crippen LogP contribution in [0.2, 0.25) is 5.02 Å². The number of halogens is 1. The van der Waals surface area contributed by atoms with E-state index < -0.39 is 15.9 Å². The lowest BCUT2D eigenvalue weighted by Gasteiger charge is -2.22. The second-order valence-corrected chi connectivity index (χ2v) is 10.3. The summed E-state index contributed by atoms with van der Waals surface area (Å²) >= 11 is 6.13. The van der Waals surface area contributed by atoms with E-state index in [1.807, 2.05) is 0 Å². The highest BCUT2D eigenvalue weighted by Crippen LogP contribution is 2.30. The van der Waals surface area contributed by atoms with Crippen LogP contribution in [0, 0.1) is 0 Å². The van der Waals surface area contributed by atoms with Crippen LogP contribution in [-0.4, -0.2) is 39.9 Å². The molecule has 0 saturated heterocycles. The molecule has 0 heterocycles. The molecule has 0 atom stereocenters. The average molecular weight is 472 g/mol. The molecule has 0 aromatic heterocycles. The van der Waals surface area contributed by atoms with Gasteiger partial charge in [-0.2, -0.15) is 5.10 Å². The Kier molecular flexibility index (Phi) is 10.6. The predicted molar refractivity (Wildman–Crippen MR) is 127 cm³/mol. The maximum Gasteiger partial charge on any atom is 0.260 e. The number of amides is 1. The second kappa shape index (κ2) is 12.9. The summed E-state index contributed by atoms with van der Waals surface area (Å²) in [6.45, 7) is -0.377. The average Bonchev–Trinajstić information content (AvgIpc) is 2.70. The van der Waals surface area contributed by atoms with Crippen molar-refractivity contribution < 1.29 is 17.9 Å². The van der Waals surface area contributed by atoms with Gasteiger partial charge in [-0.05, 0) is 43.9 Å². The van der Waals surface area contributed by atoms with Crippen molar-refractivity contribution in [3.63, 3.8) is 0 Å². The smallest absolute Gasteiger partial charge is 0.260 e. The zero-order valence-electron chi connectivity index (χ0n) is 18.5. The monoisotopic (exact) mass is 471 g/mol. The Balaban J connectivity index is 2.04. The fraction of sp³-hybridized carbons (Fsp3) is 0.636. The van der Waals surface area contributed by atoms with Gasteiger partial charge in [0, 0.05) is 5.71 Å². The van der Waals surface area contributed by atoms with Gasteiger partial charge in [-0.3, -0.25) is 9.10 Å². The van der Waals surface area contributed by atoms with Gasteiger partial charge in [-0.15, -0.1) is 0 Å². The van der Waals surface area contributed by atoms with Gasteiger partial charge >= 0.3 is 0 Å². The maximum atomic E-state index is 12.5. The van der Waals surface area contributed by atoms with E-state index in [0.717, 1.165) is 42.0 Å². The maximum absolute atomic E-state index is 12.5. The minimum atomic E-state index is -3.69. The molecule has 1 fully saturated rings. The lowest BCUT2D eigenvalue weighted by Crippen LogP contribution is -2.39. The van der Waals surface area contributed by atoms with Crippen LogP contribution in [0.5, 0.6) is 5.75 Å². The Morgan fingerprint density at radius 2 is 1.61 bits per heavy atom. The van der Waals surface area contributed by atoms with Gasteiger partial charge in [0.2, 0.25) is 10.0 Å². The summed E-state index contributed by atoms with van der Waals surface area (Å²) in [7, 11) is -2.22. The molecular weight excluding hydrogens is 438 g/mol. The number of nitrogens with one attached hydrogen (secondary N) is 1. The van der Waals surface area contributed by atoms with Crippen LogP contribution in [0.4, 0.5) is 5.69 Å². The topological polar surface area (TPSA) is 88.1 Å². The Hall–Kier alpha value is -1.80. The number of hydrogen-bond acceptors (Lipinski definition) is 5. The molecule has 1 amide bonds. The third-order valence-corrected chi connectivity index (χ3v) is 6.82. The molecule has 1 N–H and O–H groups in total. The van der Waals surface area contributed by atoms with Gasteiger partial charge in [0.15, 0.2) is 0 Å². The van der Waals surface area contributed by atoms with E-state index in [1.54, 1.807) is 12.1 Å². The van der Waals surface area contributed by atoms with Gasteiger partial charge in [0.25, 0.3) is 5.91 Å². The first-order valence-electron chi connectivity index (χ1n) is 11.0. The van der Waals surface area contributed by atoms with Crippen LogP contribution in [0.3, 0.4) is 0 Å². The van der Waals surface area contributed by atoms with Crippen LogP contribution >= 0.6 is 11.6 Å². The number of nitrogens with zero attached hydrogens (tertiary/aromatic N) is 2. The zero-order chi connectivity index (χ0) is 22.7. The highest BCUT2D eigenvalue weighted by Gasteiger charge is 2.22. The van der Waals surface area contributed by atoms with E-state index in [4.69, 9.17) is 16.3 Å². The SMILES string of the molecule is COc1ccc(N(CC(=O)NN=C2CCCCCCCCCCC2)S(C)(=O)=O)cc1Cl. The molecule has 0 aliphatic heterocycles. The molecule has 1 aromatic carbocycles. The quantitative estimate of drug-likeness (QED) is 0.598. The Bertz CT molecular complexity index is 844. The molecule has 0 bridgehead atoms. The summed E-state index contributed by atoms with van der Waals surface area (Å²) in [6, 6.07) is 4.59. The molecular formula is C22H34ClN3O4S. The minimum absolute atomic E-state index is 0.266. The van der Waals surface area contributed by atoms with Crippen LogP contribution in [0.1, 0.15) is 70.6 Å². The highest BCUT2D eigenvalue weighted by atomic mass is 35.5. The van der Waals surface area contributed by atoms with Crippen molar-refractivity contribution in [1.29, 1.82) is 0 Å². The van der Waals surface area contributed by atoms with E-state index in [-0.39, 0.29) is 11.6 Å². The van der Waals surface area contributed by atoms with E-state index >= 15 is 0 Å². The van der Waals surface area contributed by atoms with Gasteiger partial charge in [0.1, 0.15) is 12.3 Å². The molecule has 1 aliphatic carbocycles. The summed E-state index contributed by atoms with van der Waals surface area (Å²) in [6.07, 6.45) is 13.7. The molecule has 0 spiro atoms. The molecule has 0 unspecified atom stereocenters. The number of rotatable bonds is 6. The van der Waals surface area contributed by atoms with Crippen molar-refractivity contribution in [2.75, 3.05) is 24.2 Å². The first-order chi connectivity index (χ1) is 14.8. The summed E-state index contributed by atoms with van der Waals surface area (Å²) < 4.78 is 30.7. The van der Waals surface area contributed by atoms with Gasteiger partial charge < -0.3 is 4.74 Å².